The number of halogens is 4. The van der Waals surface area contributed by atoms with Crippen LogP contribution in [0.3, 0.4) is 0 Å². The fourth-order valence-electron chi connectivity index (χ4n) is 1.23. The van der Waals surface area contributed by atoms with Crippen LogP contribution in [0, 0.1) is 0 Å². The minimum absolute atomic E-state index is 0.162. The maximum absolute atomic E-state index is 12.7. The molecular formula is C9H8ClF3N2O2S2. The first-order valence-electron chi connectivity index (χ1n) is 4.67. The Kier molecular flexibility index (Phi) is 4.64. The molecule has 0 aliphatic carbocycles. The number of nitrogens with one attached hydrogen (secondary N) is 1. The Morgan fingerprint density at radius 1 is 1.42 bits per heavy atom. The topological polar surface area (TPSA) is 72.2 Å². The van der Waals surface area contributed by atoms with Crippen LogP contribution in [-0.2, 0) is 16.2 Å². The molecule has 0 fully saturated rings. The van der Waals surface area contributed by atoms with Crippen LogP contribution in [-0.4, -0.2) is 19.2 Å². The van der Waals surface area contributed by atoms with Gasteiger partial charge in [-0.1, -0.05) is 23.8 Å². The number of hydrogen-bond acceptors (Lipinski definition) is 3. The van der Waals surface area contributed by atoms with Crippen molar-refractivity contribution < 1.29 is 21.6 Å². The first-order valence-corrected chi connectivity index (χ1v) is 7.10. The van der Waals surface area contributed by atoms with E-state index in [4.69, 9.17) is 17.3 Å². The Hall–Kier alpha value is -1.06. The van der Waals surface area contributed by atoms with Gasteiger partial charge in [-0.3, -0.25) is 4.72 Å². The molecule has 0 amide bonds. The quantitative estimate of drug-likeness (QED) is 0.830. The maximum Gasteiger partial charge on any atom is 0.418 e. The Morgan fingerprint density at radius 3 is 2.47 bits per heavy atom. The van der Waals surface area contributed by atoms with Crippen LogP contribution in [0.4, 0.5) is 18.9 Å². The van der Waals surface area contributed by atoms with Gasteiger partial charge in [-0.25, -0.2) is 8.42 Å². The van der Waals surface area contributed by atoms with Crippen molar-refractivity contribution >= 4 is 44.5 Å². The minimum atomic E-state index is -4.74. The lowest BCUT2D eigenvalue weighted by molar-refractivity contribution is -0.136. The van der Waals surface area contributed by atoms with Gasteiger partial charge in [-0.15, -0.1) is 0 Å². The number of anilines is 1. The number of benzene rings is 1. The van der Waals surface area contributed by atoms with Gasteiger partial charge >= 0.3 is 6.18 Å². The minimum Gasteiger partial charge on any atom is -0.392 e. The summed E-state index contributed by atoms with van der Waals surface area (Å²) in [6.07, 6.45) is -4.74. The van der Waals surface area contributed by atoms with E-state index in [1.54, 1.807) is 4.72 Å². The average molecular weight is 333 g/mol. The average Bonchev–Trinajstić information content (AvgIpc) is 2.16. The standard InChI is InChI=1S/C9H8ClF3N2O2S2/c10-5-1-2-7(6(3-5)9(11,12)13)15-19(16,17)4-8(14)18/h1-3,15H,4H2,(H2,14,18). The predicted molar refractivity (Wildman–Crippen MR) is 70.6 cm³/mol. The lowest BCUT2D eigenvalue weighted by Gasteiger charge is -2.14. The highest BCUT2D eigenvalue weighted by atomic mass is 35.5. The monoisotopic (exact) mass is 332 g/mol. The lowest BCUT2D eigenvalue weighted by Crippen LogP contribution is -2.27. The molecule has 0 unspecified atom stereocenters. The molecule has 1 aromatic rings. The summed E-state index contributed by atoms with van der Waals surface area (Å²) in [7, 11) is -4.09. The van der Waals surface area contributed by atoms with Crippen molar-refractivity contribution in [3.05, 3.63) is 28.8 Å². The van der Waals surface area contributed by atoms with Crippen LogP contribution >= 0.6 is 23.8 Å². The zero-order valence-corrected chi connectivity index (χ0v) is 11.6. The molecule has 0 aliphatic heterocycles. The molecule has 0 saturated carbocycles. The maximum atomic E-state index is 12.7. The van der Waals surface area contributed by atoms with Crippen molar-refractivity contribution in [3.8, 4) is 0 Å². The molecule has 0 radical (unpaired) electrons. The normalized spacial score (nSPS) is 12.2. The zero-order chi connectivity index (χ0) is 14.8. The molecule has 0 spiro atoms. The SMILES string of the molecule is NC(=S)CS(=O)(=O)Nc1ccc(Cl)cc1C(F)(F)F. The van der Waals surface area contributed by atoms with Crippen molar-refractivity contribution in [2.75, 3.05) is 10.5 Å². The predicted octanol–water partition coefficient (Wildman–Crippen LogP) is 2.39. The van der Waals surface area contributed by atoms with Crippen molar-refractivity contribution in [1.82, 2.24) is 0 Å². The van der Waals surface area contributed by atoms with Gasteiger partial charge in [0.1, 0.15) is 5.75 Å². The van der Waals surface area contributed by atoms with E-state index >= 15 is 0 Å². The van der Waals surface area contributed by atoms with Crippen molar-refractivity contribution in [2.24, 2.45) is 5.73 Å². The second-order valence-electron chi connectivity index (χ2n) is 3.52. The molecule has 19 heavy (non-hydrogen) atoms. The second-order valence-corrected chi connectivity index (χ2v) is 6.20. The highest BCUT2D eigenvalue weighted by Crippen LogP contribution is 2.36. The highest BCUT2D eigenvalue weighted by Gasteiger charge is 2.34. The van der Waals surface area contributed by atoms with Crippen LogP contribution in [0.2, 0.25) is 5.02 Å². The first-order chi connectivity index (χ1) is 8.51. The van der Waals surface area contributed by atoms with Crippen molar-refractivity contribution in [1.29, 1.82) is 0 Å². The molecule has 0 saturated heterocycles. The summed E-state index contributed by atoms with van der Waals surface area (Å²) in [6, 6.07) is 2.68. The van der Waals surface area contributed by atoms with Gasteiger partial charge in [0, 0.05) is 5.02 Å². The Balaban J connectivity index is 3.19. The number of alkyl halides is 3. The van der Waals surface area contributed by atoms with Gasteiger partial charge in [0.15, 0.2) is 0 Å². The van der Waals surface area contributed by atoms with Crippen LogP contribution < -0.4 is 10.5 Å². The van der Waals surface area contributed by atoms with Crippen LogP contribution in [0.1, 0.15) is 5.56 Å². The Morgan fingerprint density at radius 2 is 2.00 bits per heavy atom. The van der Waals surface area contributed by atoms with Gasteiger partial charge in [0.2, 0.25) is 10.0 Å². The van der Waals surface area contributed by atoms with Crippen LogP contribution in [0.5, 0.6) is 0 Å². The molecule has 1 aromatic carbocycles. The number of sulfonamides is 1. The molecule has 0 atom stereocenters. The number of thiocarbonyl (C=S) groups is 1. The van der Waals surface area contributed by atoms with E-state index in [9.17, 15) is 21.6 Å². The van der Waals surface area contributed by atoms with E-state index in [1.165, 1.54) is 0 Å². The van der Waals surface area contributed by atoms with Crippen molar-refractivity contribution in [2.45, 2.75) is 6.18 Å². The third-order valence-electron chi connectivity index (χ3n) is 1.88. The second kappa shape index (κ2) is 5.51. The number of hydrogen-bond donors (Lipinski definition) is 2. The van der Waals surface area contributed by atoms with E-state index in [1.807, 2.05) is 0 Å². The van der Waals surface area contributed by atoms with Gasteiger partial charge in [-0.2, -0.15) is 13.2 Å². The summed E-state index contributed by atoms with van der Waals surface area (Å²) in [4.78, 5) is -0.352. The van der Waals surface area contributed by atoms with Crippen LogP contribution in [0.25, 0.3) is 0 Å². The molecule has 10 heteroatoms. The molecule has 0 bridgehead atoms. The summed E-state index contributed by atoms with van der Waals surface area (Å²) >= 11 is 9.86. The fourth-order valence-corrected chi connectivity index (χ4v) is 2.83. The van der Waals surface area contributed by atoms with E-state index in [0.29, 0.717) is 6.07 Å². The number of rotatable bonds is 4. The Bertz CT molecular complexity index is 602. The van der Waals surface area contributed by atoms with Gasteiger partial charge in [0.25, 0.3) is 0 Å². The smallest absolute Gasteiger partial charge is 0.392 e. The molecule has 0 aromatic heterocycles. The van der Waals surface area contributed by atoms with E-state index < -0.39 is 33.2 Å². The summed E-state index contributed by atoms with van der Waals surface area (Å²) in [5.41, 5.74) is 3.23. The molecule has 0 heterocycles. The molecule has 4 nitrogen and oxygen atoms in total. The van der Waals surface area contributed by atoms with E-state index in [0.717, 1.165) is 12.1 Å². The summed E-state index contributed by atoms with van der Waals surface area (Å²) in [5, 5.41) is -0.162. The van der Waals surface area contributed by atoms with Crippen molar-refractivity contribution in [3.63, 3.8) is 0 Å². The molecular weight excluding hydrogens is 325 g/mol. The largest absolute Gasteiger partial charge is 0.418 e. The summed E-state index contributed by atoms with van der Waals surface area (Å²) in [6.45, 7) is 0. The summed E-state index contributed by atoms with van der Waals surface area (Å²) in [5.74, 6) is -0.748. The third-order valence-corrected chi connectivity index (χ3v) is 3.67. The molecule has 0 aliphatic rings. The molecule has 3 N–H and O–H groups in total. The lowest BCUT2D eigenvalue weighted by atomic mass is 10.2. The fraction of sp³-hybridized carbons (Fsp3) is 0.222. The third kappa shape index (κ3) is 4.84. The van der Waals surface area contributed by atoms with Gasteiger partial charge in [-0.05, 0) is 18.2 Å². The van der Waals surface area contributed by atoms with Gasteiger partial charge < -0.3 is 5.73 Å². The number of nitrogens with two attached hydrogens (primary N) is 1. The van der Waals surface area contributed by atoms with Crippen LogP contribution in [0.15, 0.2) is 18.2 Å². The van der Waals surface area contributed by atoms with E-state index in [2.05, 4.69) is 12.2 Å². The summed E-state index contributed by atoms with van der Waals surface area (Å²) < 4.78 is 62.9. The van der Waals surface area contributed by atoms with Gasteiger partial charge in [0.05, 0.1) is 16.2 Å². The molecule has 1 rings (SSSR count). The van der Waals surface area contributed by atoms with E-state index in [-0.39, 0.29) is 10.0 Å². The Labute approximate surface area is 117 Å². The zero-order valence-electron chi connectivity index (χ0n) is 9.16. The molecule has 106 valence electrons. The highest BCUT2D eigenvalue weighted by molar-refractivity contribution is 7.95. The first kappa shape index (κ1) is 16.0.